The van der Waals surface area contributed by atoms with E-state index < -0.39 is 0 Å². The van der Waals surface area contributed by atoms with Gasteiger partial charge in [-0.25, -0.2) is 0 Å². The summed E-state index contributed by atoms with van der Waals surface area (Å²) in [5.74, 6) is 4.52. The molecule has 2 rings (SSSR count). The zero-order chi connectivity index (χ0) is 8.39. The van der Waals surface area contributed by atoms with Gasteiger partial charge in [0.25, 0.3) is 0 Å². The molecule has 0 N–H and O–H groups in total. The van der Waals surface area contributed by atoms with Crippen molar-refractivity contribution in [1.82, 2.24) is 0 Å². The lowest BCUT2D eigenvalue weighted by Gasteiger charge is -1.82. The predicted octanol–water partition coefficient (Wildman–Crippen LogP) is 2.75. The fourth-order valence-electron chi connectivity index (χ4n) is 1.14. The standard InChI is InChI=1S/C10H8OS/c1-12-7-9-6-8-4-2-3-5-10(8)11-9/h2-7H,1H2. The lowest BCUT2D eigenvalue weighted by atomic mass is 10.2. The fourth-order valence-corrected chi connectivity index (χ4v) is 1.42. The molecule has 0 aliphatic carbocycles. The topological polar surface area (TPSA) is 13.1 Å². The molecule has 60 valence electrons. The predicted molar refractivity (Wildman–Crippen MR) is 56.1 cm³/mol. The van der Waals surface area contributed by atoms with Crippen LogP contribution in [0.1, 0.15) is 5.76 Å². The van der Waals surface area contributed by atoms with Crippen LogP contribution in [0.5, 0.6) is 0 Å². The Hall–Kier alpha value is -1.28. The Morgan fingerprint density at radius 2 is 2.17 bits per heavy atom. The van der Waals surface area contributed by atoms with E-state index >= 15 is 0 Å². The highest BCUT2D eigenvalue weighted by atomic mass is 32.1. The molecule has 0 fully saturated rings. The van der Waals surface area contributed by atoms with E-state index in [0.717, 1.165) is 16.7 Å². The van der Waals surface area contributed by atoms with Crippen molar-refractivity contribution >= 4 is 33.1 Å². The highest BCUT2D eigenvalue weighted by molar-refractivity contribution is 7.95. The quantitative estimate of drug-likeness (QED) is 0.609. The van der Waals surface area contributed by atoms with Gasteiger partial charge in [-0.3, -0.25) is 0 Å². The van der Waals surface area contributed by atoms with Gasteiger partial charge in [-0.15, -0.1) is 0 Å². The number of hydrogen-bond acceptors (Lipinski definition) is 1. The van der Waals surface area contributed by atoms with E-state index in [9.17, 15) is 0 Å². The van der Waals surface area contributed by atoms with Crippen LogP contribution in [-0.2, 0) is 0 Å². The van der Waals surface area contributed by atoms with E-state index in [1.54, 1.807) is 0 Å². The normalized spacial score (nSPS) is 10.0. The molecule has 2 aromatic rings. The molecule has 0 spiro atoms. The molecule has 0 unspecified atom stereocenters. The maximum Gasteiger partial charge on any atom is 0.138 e. The molecule has 0 radical (unpaired) electrons. The summed E-state index contributed by atoms with van der Waals surface area (Å²) in [6, 6.07) is 9.96. The second-order valence-electron chi connectivity index (χ2n) is 2.47. The molecule has 2 heteroatoms. The van der Waals surface area contributed by atoms with Gasteiger partial charge in [0, 0.05) is 10.8 Å². The van der Waals surface area contributed by atoms with Gasteiger partial charge >= 0.3 is 0 Å². The Bertz CT molecular complexity index is 417. The minimum absolute atomic E-state index is 0.871. The zero-order valence-corrected chi connectivity index (χ0v) is 7.30. The molecule has 0 atom stereocenters. The molecular formula is C10H8OS. The third-order valence-corrected chi connectivity index (χ3v) is 2.04. The number of benzene rings is 1. The first-order chi connectivity index (χ1) is 5.90. The molecule has 1 aromatic heterocycles. The van der Waals surface area contributed by atoms with E-state index in [1.165, 1.54) is 10.9 Å². The lowest BCUT2D eigenvalue weighted by molar-refractivity contribution is 0.609. The third-order valence-electron chi connectivity index (χ3n) is 1.64. The van der Waals surface area contributed by atoms with Crippen LogP contribution in [0.3, 0.4) is 0 Å². The average molecular weight is 176 g/mol. The van der Waals surface area contributed by atoms with Gasteiger partial charge in [-0.2, -0.15) is 10.9 Å². The number of fused-ring (bicyclic) bond motifs is 1. The van der Waals surface area contributed by atoms with Crippen LogP contribution < -0.4 is 0 Å². The molecule has 0 aliphatic rings. The second kappa shape index (κ2) is 2.99. The summed E-state index contributed by atoms with van der Waals surface area (Å²) in [7, 11) is 1.40. The van der Waals surface area contributed by atoms with Crippen LogP contribution in [0.2, 0.25) is 0 Å². The van der Waals surface area contributed by atoms with Crippen molar-refractivity contribution in [3.8, 4) is 0 Å². The van der Waals surface area contributed by atoms with Crippen LogP contribution in [0.4, 0.5) is 0 Å². The van der Waals surface area contributed by atoms with Crippen LogP contribution in [0.15, 0.2) is 34.7 Å². The SMILES string of the molecule is C=S=Cc1cc2ccccc2o1. The Labute approximate surface area is 74.2 Å². The van der Waals surface area contributed by atoms with Crippen molar-refractivity contribution in [2.24, 2.45) is 0 Å². The minimum atomic E-state index is 0.871. The zero-order valence-electron chi connectivity index (χ0n) is 6.49. The summed E-state index contributed by atoms with van der Waals surface area (Å²) in [5, 5.41) is 3.03. The van der Waals surface area contributed by atoms with Crippen LogP contribution in [0.25, 0.3) is 11.0 Å². The van der Waals surface area contributed by atoms with Crippen LogP contribution in [-0.4, -0.2) is 11.2 Å². The third kappa shape index (κ3) is 1.21. The number of para-hydroxylation sites is 1. The first kappa shape index (κ1) is 7.37. The van der Waals surface area contributed by atoms with Crippen molar-refractivity contribution in [2.75, 3.05) is 0 Å². The Balaban J connectivity index is 2.69. The summed E-state index contributed by atoms with van der Waals surface area (Å²) >= 11 is 0. The molecule has 1 heterocycles. The maximum atomic E-state index is 5.49. The van der Waals surface area contributed by atoms with Gasteiger partial charge in [0.15, 0.2) is 0 Å². The van der Waals surface area contributed by atoms with Crippen molar-refractivity contribution in [2.45, 2.75) is 0 Å². The van der Waals surface area contributed by atoms with E-state index in [4.69, 9.17) is 4.42 Å². The van der Waals surface area contributed by atoms with Crippen molar-refractivity contribution in [3.05, 3.63) is 36.1 Å². The summed E-state index contributed by atoms with van der Waals surface area (Å²) in [6.07, 6.45) is 0. The van der Waals surface area contributed by atoms with Gasteiger partial charge in [0.05, 0.1) is 0 Å². The van der Waals surface area contributed by atoms with E-state index in [2.05, 4.69) is 5.87 Å². The highest BCUT2D eigenvalue weighted by Gasteiger charge is 1.97. The Kier molecular flexibility index (Phi) is 1.84. The molecule has 0 aliphatic heterocycles. The number of furan rings is 1. The monoisotopic (exact) mass is 176 g/mol. The maximum absolute atomic E-state index is 5.49. The highest BCUT2D eigenvalue weighted by Crippen LogP contribution is 2.17. The Morgan fingerprint density at radius 3 is 2.92 bits per heavy atom. The molecule has 1 aromatic carbocycles. The lowest BCUT2D eigenvalue weighted by Crippen LogP contribution is -1.64. The van der Waals surface area contributed by atoms with Crippen molar-refractivity contribution in [3.63, 3.8) is 0 Å². The molecule has 0 saturated heterocycles. The van der Waals surface area contributed by atoms with Crippen molar-refractivity contribution < 1.29 is 4.42 Å². The van der Waals surface area contributed by atoms with Gasteiger partial charge < -0.3 is 4.42 Å². The molecule has 12 heavy (non-hydrogen) atoms. The smallest absolute Gasteiger partial charge is 0.138 e. The Morgan fingerprint density at radius 1 is 1.33 bits per heavy atom. The van der Waals surface area contributed by atoms with Gasteiger partial charge in [0.1, 0.15) is 11.3 Å². The summed E-state index contributed by atoms with van der Waals surface area (Å²) in [4.78, 5) is 0. The minimum Gasteiger partial charge on any atom is -0.456 e. The van der Waals surface area contributed by atoms with Gasteiger partial charge in [-0.1, -0.05) is 18.2 Å². The van der Waals surface area contributed by atoms with Crippen LogP contribution >= 0.6 is 10.9 Å². The molecule has 0 bridgehead atoms. The molecule has 0 saturated carbocycles. The number of hydrogen-bond donors (Lipinski definition) is 0. The van der Waals surface area contributed by atoms with Crippen molar-refractivity contribution in [1.29, 1.82) is 0 Å². The van der Waals surface area contributed by atoms with Gasteiger partial charge in [0.2, 0.25) is 0 Å². The van der Waals surface area contributed by atoms with E-state index in [1.807, 2.05) is 35.7 Å². The average Bonchev–Trinajstić information content (AvgIpc) is 2.47. The first-order valence-corrected chi connectivity index (χ1v) is 4.67. The molecular weight excluding hydrogens is 168 g/mol. The molecule has 0 amide bonds. The van der Waals surface area contributed by atoms with Gasteiger partial charge in [-0.05, 0) is 18.0 Å². The molecule has 1 nitrogen and oxygen atoms in total. The van der Waals surface area contributed by atoms with Crippen LogP contribution in [0, 0.1) is 0 Å². The first-order valence-electron chi connectivity index (χ1n) is 3.63. The van der Waals surface area contributed by atoms with E-state index in [0.29, 0.717) is 0 Å². The summed E-state index contributed by atoms with van der Waals surface area (Å²) in [6.45, 7) is 0. The van der Waals surface area contributed by atoms with E-state index in [-0.39, 0.29) is 0 Å². The fraction of sp³-hybridized carbons (Fsp3) is 0. The summed E-state index contributed by atoms with van der Waals surface area (Å²) < 4.78 is 5.49. The largest absolute Gasteiger partial charge is 0.456 e. The second-order valence-corrected chi connectivity index (χ2v) is 3.04. The number of rotatable bonds is 1. The summed E-state index contributed by atoms with van der Waals surface area (Å²) in [5.41, 5.74) is 0.929.